The van der Waals surface area contributed by atoms with E-state index in [-0.39, 0.29) is 16.1 Å². The van der Waals surface area contributed by atoms with Gasteiger partial charge in [-0.2, -0.15) is 9.29 Å². The Labute approximate surface area is 218 Å². The molecule has 0 saturated heterocycles. The zero-order valence-corrected chi connectivity index (χ0v) is 22.7. The third-order valence-corrected chi connectivity index (χ3v) is 9.47. The molecular formula is C25H32N6O4S2. The average molecular weight is 545 g/mol. The molecule has 0 atom stereocenters. The molecule has 0 bridgehead atoms. The van der Waals surface area contributed by atoms with Crippen LogP contribution in [0.1, 0.15) is 42.9 Å². The van der Waals surface area contributed by atoms with Gasteiger partial charge in [0.2, 0.25) is 26.0 Å². The van der Waals surface area contributed by atoms with Gasteiger partial charge < -0.3 is 10.6 Å². The van der Waals surface area contributed by atoms with Crippen LogP contribution in [-0.4, -0.2) is 42.9 Å². The first-order valence-corrected chi connectivity index (χ1v) is 15.1. The number of aryl methyl sites for hydroxylation is 2. The molecule has 0 radical (unpaired) electrons. The fourth-order valence-corrected chi connectivity index (χ4v) is 6.63. The van der Waals surface area contributed by atoms with Gasteiger partial charge in [0.15, 0.2) is 0 Å². The van der Waals surface area contributed by atoms with Gasteiger partial charge in [-0.1, -0.05) is 25.1 Å². The van der Waals surface area contributed by atoms with Gasteiger partial charge in [-0.05, 0) is 68.5 Å². The molecule has 1 heterocycles. The Balaban J connectivity index is 1.48. The third kappa shape index (κ3) is 6.63. The van der Waals surface area contributed by atoms with Crippen molar-refractivity contribution >= 4 is 43.2 Å². The number of sulfonamides is 2. The molecule has 0 amide bonds. The molecule has 3 aromatic rings. The van der Waals surface area contributed by atoms with E-state index in [2.05, 4.69) is 20.6 Å². The fourth-order valence-electron chi connectivity index (χ4n) is 3.90. The second-order valence-electron chi connectivity index (χ2n) is 9.28. The van der Waals surface area contributed by atoms with Crippen LogP contribution in [0, 0.1) is 13.8 Å². The highest BCUT2D eigenvalue weighted by molar-refractivity contribution is 7.90. The monoisotopic (exact) mass is 544 g/mol. The van der Waals surface area contributed by atoms with Crippen molar-refractivity contribution in [3.63, 3.8) is 0 Å². The van der Waals surface area contributed by atoms with E-state index in [1.165, 1.54) is 6.07 Å². The second-order valence-corrected chi connectivity index (χ2v) is 13.0. The number of nitrogens with zero attached hydrogens (tertiary/aromatic N) is 3. The van der Waals surface area contributed by atoms with E-state index in [0.29, 0.717) is 30.2 Å². The predicted molar refractivity (Wildman–Crippen MR) is 145 cm³/mol. The SMILES string of the molecule is CCCN(Cc1ccc(Nc2nc(Nc3ccc(C)c(S(N)(=O)=O)c3)ncc2C)cc1)S(=O)(=O)C1CC1. The van der Waals surface area contributed by atoms with E-state index in [9.17, 15) is 16.8 Å². The lowest BCUT2D eigenvalue weighted by Crippen LogP contribution is -2.34. The Hall–Kier alpha value is -3.06. The summed E-state index contributed by atoms with van der Waals surface area (Å²) in [5, 5.41) is 11.4. The van der Waals surface area contributed by atoms with Crippen molar-refractivity contribution in [3.05, 3.63) is 65.4 Å². The summed E-state index contributed by atoms with van der Waals surface area (Å²) < 4.78 is 50.7. The quantitative estimate of drug-likeness (QED) is 0.329. The lowest BCUT2D eigenvalue weighted by Gasteiger charge is -2.21. The number of benzene rings is 2. The summed E-state index contributed by atoms with van der Waals surface area (Å²) in [6.45, 7) is 6.38. The maximum atomic E-state index is 12.7. The van der Waals surface area contributed by atoms with Gasteiger partial charge in [0.1, 0.15) is 5.82 Å². The second kappa shape index (κ2) is 10.7. The van der Waals surface area contributed by atoms with Crippen molar-refractivity contribution in [2.75, 3.05) is 17.2 Å². The van der Waals surface area contributed by atoms with Crippen molar-refractivity contribution in [1.82, 2.24) is 14.3 Å². The standard InChI is InChI=1S/C25H32N6O4S2/c1-4-13-31(37(34,35)22-11-12-22)16-19-6-9-20(10-7-19)28-24-18(3)15-27-25(30-24)29-21-8-5-17(2)23(14-21)36(26,32)33/h5-10,14-15,22H,4,11-13,16H2,1-3H3,(H2,26,32,33)(H2,27,28,29,30). The van der Waals surface area contributed by atoms with E-state index in [1.807, 2.05) is 38.1 Å². The molecule has 37 heavy (non-hydrogen) atoms. The zero-order chi connectivity index (χ0) is 26.8. The van der Waals surface area contributed by atoms with Crippen LogP contribution in [0.5, 0.6) is 0 Å². The van der Waals surface area contributed by atoms with E-state index in [4.69, 9.17) is 5.14 Å². The minimum Gasteiger partial charge on any atom is -0.340 e. The van der Waals surface area contributed by atoms with Crippen LogP contribution in [0.25, 0.3) is 0 Å². The van der Waals surface area contributed by atoms with Crippen molar-refractivity contribution in [2.45, 2.75) is 56.7 Å². The van der Waals surface area contributed by atoms with E-state index < -0.39 is 20.0 Å². The molecule has 12 heteroatoms. The first kappa shape index (κ1) is 27.0. The van der Waals surface area contributed by atoms with E-state index in [1.54, 1.807) is 29.6 Å². The Bertz CT molecular complexity index is 1490. The molecule has 2 aromatic carbocycles. The largest absolute Gasteiger partial charge is 0.340 e. The highest BCUT2D eigenvalue weighted by Gasteiger charge is 2.39. The predicted octanol–water partition coefficient (Wildman–Crippen LogP) is 3.93. The smallest absolute Gasteiger partial charge is 0.238 e. The van der Waals surface area contributed by atoms with Crippen LogP contribution in [0.15, 0.2) is 53.6 Å². The van der Waals surface area contributed by atoms with Gasteiger partial charge in [-0.15, -0.1) is 0 Å². The summed E-state index contributed by atoms with van der Waals surface area (Å²) in [7, 11) is -7.10. The van der Waals surface area contributed by atoms with Gasteiger partial charge >= 0.3 is 0 Å². The molecule has 1 saturated carbocycles. The van der Waals surface area contributed by atoms with Gasteiger partial charge in [0, 0.05) is 36.2 Å². The number of nitrogens with one attached hydrogen (secondary N) is 2. The van der Waals surface area contributed by atoms with Crippen LogP contribution in [0.2, 0.25) is 0 Å². The molecule has 198 valence electrons. The van der Waals surface area contributed by atoms with Crippen molar-refractivity contribution in [3.8, 4) is 0 Å². The molecule has 1 aliphatic rings. The molecule has 1 fully saturated rings. The van der Waals surface area contributed by atoms with E-state index >= 15 is 0 Å². The van der Waals surface area contributed by atoms with Crippen molar-refractivity contribution in [1.29, 1.82) is 0 Å². The van der Waals surface area contributed by atoms with Crippen LogP contribution >= 0.6 is 0 Å². The average Bonchev–Trinajstić information content (AvgIpc) is 3.69. The number of aromatic nitrogens is 2. The molecule has 0 unspecified atom stereocenters. The normalized spacial score (nSPS) is 14.1. The fraction of sp³-hybridized carbons (Fsp3) is 0.360. The molecule has 1 aromatic heterocycles. The van der Waals surface area contributed by atoms with Crippen LogP contribution in [-0.2, 0) is 26.6 Å². The summed E-state index contributed by atoms with van der Waals surface area (Å²) in [5.41, 5.74) is 3.55. The maximum Gasteiger partial charge on any atom is 0.238 e. The molecule has 0 aliphatic heterocycles. The first-order valence-electron chi connectivity index (χ1n) is 12.1. The van der Waals surface area contributed by atoms with Crippen LogP contribution in [0.4, 0.5) is 23.1 Å². The Kier molecular flexibility index (Phi) is 7.83. The number of hydrogen-bond acceptors (Lipinski definition) is 8. The highest BCUT2D eigenvalue weighted by Crippen LogP contribution is 2.32. The number of hydrogen-bond donors (Lipinski definition) is 3. The van der Waals surface area contributed by atoms with Gasteiger partial charge in [0.25, 0.3) is 0 Å². The van der Waals surface area contributed by atoms with Crippen LogP contribution < -0.4 is 15.8 Å². The molecular weight excluding hydrogens is 512 g/mol. The summed E-state index contributed by atoms with van der Waals surface area (Å²) >= 11 is 0. The van der Waals surface area contributed by atoms with E-state index in [0.717, 1.165) is 36.1 Å². The summed E-state index contributed by atoms with van der Waals surface area (Å²) in [4.78, 5) is 8.85. The lowest BCUT2D eigenvalue weighted by atomic mass is 10.2. The number of nitrogens with two attached hydrogens (primary N) is 1. The van der Waals surface area contributed by atoms with Crippen molar-refractivity contribution < 1.29 is 16.8 Å². The topological polar surface area (TPSA) is 147 Å². The molecule has 1 aliphatic carbocycles. The number of anilines is 4. The third-order valence-electron chi connectivity index (χ3n) is 6.08. The molecule has 4 rings (SSSR count). The molecule has 4 N–H and O–H groups in total. The summed E-state index contributed by atoms with van der Waals surface area (Å²) in [6, 6.07) is 12.4. The lowest BCUT2D eigenvalue weighted by molar-refractivity contribution is 0.405. The van der Waals surface area contributed by atoms with Gasteiger partial charge in [-0.25, -0.2) is 27.0 Å². The Morgan fingerprint density at radius 3 is 2.27 bits per heavy atom. The van der Waals surface area contributed by atoms with Gasteiger partial charge in [-0.3, -0.25) is 0 Å². The Morgan fingerprint density at radius 2 is 1.65 bits per heavy atom. The maximum absolute atomic E-state index is 12.7. The van der Waals surface area contributed by atoms with Gasteiger partial charge in [0.05, 0.1) is 10.1 Å². The molecule has 10 nitrogen and oxygen atoms in total. The minimum absolute atomic E-state index is 0.0329. The van der Waals surface area contributed by atoms with Crippen molar-refractivity contribution in [2.24, 2.45) is 5.14 Å². The van der Waals surface area contributed by atoms with Crippen LogP contribution in [0.3, 0.4) is 0 Å². The Morgan fingerprint density at radius 1 is 0.973 bits per heavy atom. The number of rotatable bonds is 11. The minimum atomic E-state index is -3.86. The zero-order valence-electron chi connectivity index (χ0n) is 21.1. The number of primary sulfonamides is 1. The summed E-state index contributed by atoms with van der Waals surface area (Å²) in [6.07, 6.45) is 3.92. The first-order chi connectivity index (χ1) is 17.5. The summed E-state index contributed by atoms with van der Waals surface area (Å²) in [5.74, 6) is 0.863. The molecule has 0 spiro atoms. The highest BCUT2D eigenvalue weighted by atomic mass is 32.2.